The van der Waals surface area contributed by atoms with Gasteiger partial charge in [0, 0.05) is 24.2 Å². The summed E-state index contributed by atoms with van der Waals surface area (Å²) in [6, 6.07) is 4.89. The lowest BCUT2D eigenvalue weighted by Gasteiger charge is -2.15. The number of ether oxygens (including phenoxy) is 1. The third kappa shape index (κ3) is 5.19. The lowest BCUT2D eigenvalue weighted by molar-refractivity contribution is -0.113. The minimum atomic E-state index is -0.262. The topological polar surface area (TPSA) is 89.3 Å². The number of halogens is 1. The van der Waals surface area contributed by atoms with Gasteiger partial charge in [-0.1, -0.05) is 34.7 Å². The van der Waals surface area contributed by atoms with Gasteiger partial charge < -0.3 is 15.0 Å². The Hall–Kier alpha value is -2.30. The lowest BCUT2D eigenvalue weighted by atomic mass is 10.3. The van der Waals surface area contributed by atoms with Gasteiger partial charge >= 0.3 is 0 Å². The van der Waals surface area contributed by atoms with Crippen LogP contribution in [-0.2, 0) is 4.79 Å². The fourth-order valence-electron chi connectivity index (χ4n) is 3.14. The van der Waals surface area contributed by atoms with Crippen molar-refractivity contribution in [3.05, 3.63) is 33.6 Å². The molecule has 3 rings (SSSR count). The van der Waals surface area contributed by atoms with Gasteiger partial charge in [0.05, 0.1) is 18.6 Å². The van der Waals surface area contributed by atoms with E-state index in [1.165, 1.54) is 30.2 Å². The maximum absolute atomic E-state index is 13.2. The summed E-state index contributed by atoms with van der Waals surface area (Å²) < 4.78 is 7.41. The van der Waals surface area contributed by atoms with E-state index in [4.69, 9.17) is 16.3 Å². The van der Waals surface area contributed by atoms with Crippen molar-refractivity contribution >= 4 is 61.8 Å². The molecule has 3 aromatic rings. The molecule has 1 N–H and O–H groups in total. The van der Waals surface area contributed by atoms with Crippen molar-refractivity contribution in [1.82, 2.24) is 14.5 Å². The molecule has 172 valence electrons. The van der Waals surface area contributed by atoms with Crippen LogP contribution in [0, 0.1) is 0 Å². The third-order valence-electron chi connectivity index (χ3n) is 4.74. The van der Waals surface area contributed by atoms with E-state index in [2.05, 4.69) is 20.2 Å². The van der Waals surface area contributed by atoms with E-state index in [-0.39, 0.29) is 23.3 Å². The zero-order valence-electron chi connectivity index (χ0n) is 18.6. The molecule has 0 fully saturated rings. The van der Waals surface area contributed by atoms with Gasteiger partial charge in [0.1, 0.15) is 10.4 Å². The molecule has 0 saturated carbocycles. The molecule has 0 aliphatic heterocycles. The van der Waals surface area contributed by atoms with Gasteiger partial charge in [0.25, 0.3) is 5.56 Å². The van der Waals surface area contributed by atoms with Crippen LogP contribution in [-0.4, -0.2) is 46.4 Å². The second-order valence-electron chi connectivity index (χ2n) is 7.17. The highest BCUT2D eigenvalue weighted by Gasteiger charge is 2.20. The number of fused-ring (bicyclic) bond motifs is 1. The number of nitrogens with one attached hydrogen (secondary N) is 1. The summed E-state index contributed by atoms with van der Waals surface area (Å²) >= 11 is 8.59. The Labute approximate surface area is 200 Å². The molecular formula is C21H26ClN5O3S2. The van der Waals surface area contributed by atoms with Gasteiger partial charge in [-0.3, -0.25) is 14.2 Å². The highest BCUT2D eigenvalue weighted by molar-refractivity contribution is 7.99. The number of rotatable bonds is 9. The Morgan fingerprint density at radius 3 is 2.66 bits per heavy atom. The average Bonchev–Trinajstić information content (AvgIpc) is 3.17. The third-order valence-corrected chi connectivity index (χ3v) is 7.02. The Balaban J connectivity index is 1.87. The predicted molar refractivity (Wildman–Crippen MR) is 133 cm³/mol. The molecule has 0 saturated heterocycles. The fourth-order valence-corrected chi connectivity index (χ4v) is 5.30. The first-order valence-corrected chi connectivity index (χ1v) is 12.4. The van der Waals surface area contributed by atoms with Crippen LogP contribution in [0.15, 0.2) is 28.2 Å². The van der Waals surface area contributed by atoms with Crippen molar-refractivity contribution in [3.63, 3.8) is 0 Å². The molecule has 8 nitrogen and oxygen atoms in total. The number of carbonyl (C=O) groups is 1. The summed E-state index contributed by atoms with van der Waals surface area (Å²) in [7, 11) is 1.52. The number of amides is 1. The number of carbonyl (C=O) groups excluding carboxylic acids is 1. The first-order chi connectivity index (χ1) is 15.3. The summed E-state index contributed by atoms with van der Waals surface area (Å²) in [6.07, 6.45) is 0. The minimum Gasteiger partial charge on any atom is -0.495 e. The van der Waals surface area contributed by atoms with Crippen molar-refractivity contribution in [2.75, 3.05) is 36.2 Å². The molecule has 32 heavy (non-hydrogen) atoms. The van der Waals surface area contributed by atoms with Crippen LogP contribution in [0.25, 0.3) is 10.3 Å². The molecule has 0 atom stereocenters. The molecule has 0 aliphatic carbocycles. The van der Waals surface area contributed by atoms with E-state index in [0.717, 1.165) is 18.2 Å². The Morgan fingerprint density at radius 2 is 2.03 bits per heavy atom. The van der Waals surface area contributed by atoms with Gasteiger partial charge in [-0.05, 0) is 45.9 Å². The highest BCUT2D eigenvalue weighted by Crippen LogP contribution is 2.30. The number of anilines is 2. The van der Waals surface area contributed by atoms with Gasteiger partial charge in [0.15, 0.2) is 15.9 Å². The van der Waals surface area contributed by atoms with E-state index in [0.29, 0.717) is 32.0 Å². The number of thioether (sulfide) groups is 1. The summed E-state index contributed by atoms with van der Waals surface area (Å²) in [5, 5.41) is 4.53. The van der Waals surface area contributed by atoms with Crippen LogP contribution in [0.5, 0.6) is 5.75 Å². The Morgan fingerprint density at radius 1 is 1.31 bits per heavy atom. The van der Waals surface area contributed by atoms with Crippen molar-refractivity contribution < 1.29 is 9.53 Å². The molecule has 11 heteroatoms. The fraction of sp³-hybridized carbons (Fsp3) is 0.429. The summed E-state index contributed by atoms with van der Waals surface area (Å²) in [6.45, 7) is 9.52. The molecule has 0 unspecified atom stereocenters. The number of nitrogens with zero attached hydrogens (tertiary/aromatic N) is 4. The van der Waals surface area contributed by atoms with Gasteiger partial charge in [-0.2, -0.15) is 4.98 Å². The van der Waals surface area contributed by atoms with Crippen molar-refractivity contribution in [3.8, 4) is 5.75 Å². The van der Waals surface area contributed by atoms with E-state index in [1.807, 2.05) is 27.7 Å². The van der Waals surface area contributed by atoms with Crippen LogP contribution >= 0.6 is 34.7 Å². The maximum atomic E-state index is 13.2. The predicted octanol–water partition coefficient (Wildman–Crippen LogP) is 4.67. The van der Waals surface area contributed by atoms with Crippen LogP contribution in [0.4, 0.5) is 10.8 Å². The molecular weight excluding hydrogens is 470 g/mol. The first-order valence-electron chi connectivity index (χ1n) is 10.2. The zero-order chi connectivity index (χ0) is 23.4. The zero-order valence-corrected chi connectivity index (χ0v) is 21.0. The number of thiazole rings is 1. The van der Waals surface area contributed by atoms with Gasteiger partial charge in [-0.25, -0.2) is 4.98 Å². The standard InChI is InChI=1S/C21H26ClN5O3S2/c1-6-26(7-2)20-24-18-17(32-20)19(29)27(12(3)4)21(25-18)31-11-16(28)23-14-10-13(22)8-9-15(14)30-5/h8-10,12H,6-7,11H2,1-5H3,(H,23,28). The van der Waals surface area contributed by atoms with Crippen molar-refractivity contribution in [1.29, 1.82) is 0 Å². The molecule has 2 heterocycles. The van der Waals surface area contributed by atoms with Gasteiger partial charge in [0.2, 0.25) is 5.91 Å². The second-order valence-corrected chi connectivity index (χ2v) is 9.52. The second kappa shape index (κ2) is 10.5. The van der Waals surface area contributed by atoms with Gasteiger partial charge in [-0.15, -0.1) is 0 Å². The lowest BCUT2D eigenvalue weighted by Crippen LogP contribution is -2.25. The maximum Gasteiger partial charge on any atom is 0.274 e. The highest BCUT2D eigenvalue weighted by atomic mass is 35.5. The smallest absolute Gasteiger partial charge is 0.274 e. The number of benzene rings is 1. The normalized spacial score (nSPS) is 11.2. The Bertz CT molecular complexity index is 1170. The van der Waals surface area contributed by atoms with Crippen LogP contribution in [0.1, 0.15) is 33.7 Å². The van der Waals surface area contributed by atoms with Crippen LogP contribution < -0.4 is 20.5 Å². The molecule has 0 bridgehead atoms. The summed E-state index contributed by atoms with van der Waals surface area (Å²) in [4.78, 5) is 37.1. The SMILES string of the molecule is CCN(CC)c1nc2nc(SCC(=O)Nc3cc(Cl)ccc3OC)n(C(C)C)c(=O)c2s1. The van der Waals surface area contributed by atoms with Crippen molar-refractivity contribution in [2.45, 2.75) is 38.9 Å². The Kier molecular flexibility index (Phi) is 8.02. The molecule has 1 amide bonds. The molecule has 0 radical (unpaired) electrons. The van der Waals surface area contributed by atoms with Crippen LogP contribution in [0.3, 0.4) is 0 Å². The van der Waals surface area contributed by atoms with E-state index in [1.54, 1.807) is 22.8 Å². The number of methoxy groups -OCH3 is 1. The molecule has 0 spiro atoms. The summed E-state index contributed by atoms with van der Waals surface area (Å²) in [5.41, 5.74) is 0.761. The number of hydrogen-bond acceptors (Lipinski definition) is 8. The quantitative estimate of drug-likeness (QED) is 0.340. The number of hydrogen-bond donors (Lipinski definition) is 1. The minimum absolute atomic E-state index is 0.0629. The van der Waals surface area contributed by atoms with E-state index < -0.39 is 0 Å². The average molecular weight is 496 g/mol. The summed E-state index contributed by atoms with van der Waals surface area (Å²) in [5.74, 6) is 0.313. The largest absolute Gasteiger partial charge is 0.495 e. The monoisotopic (exact) mass is 495 g/mol. The molecule has 0 aliphatic rings. The van der Waals surface area contributed by atoms with Crippen LogP contribution in [0.2, 0.25) is 5.02 Å². The molecule has 2 aromatic heterocycles. The van der Waals surface area contributed by atoms with Crippen molar-refractivity contribution in [2.24, 2.45) is 0 Å². The van der Waals surface area contributed by atoms with E-state index in [9.17, 15) is 9.59 Å². The van der Waals surface area contributed by atoms with E-state index >= 15 is 0 Å². The number of aromatic nitrogens is 3. The molecule has 1 aromatic carbocycles. The first kappa shape index (κ1) is 24.3.